The molecule has 0 radical (unpaired) electrons. The molecule has 2 nitrogen and oxygen atoms in total. The molecule has 1 aliphatic heterocycles. The molecular weight excluding hydrogens is 204 g/mol. The Morgan fingerprint density at radius 1 is 1.40 bits per heavy atom. The van der Waals surface area contributed by atoms with E-state index in [1.54, 1.807) is 0 Å². The maximum atomic E-state index is 6.04. The number of nitrogens with two attached hydrogens (primary N) is 1. The molecule has 0 bridgehead atoms. The van der Waals surface area contributed by atoms with E-state index < -0.39 is 0 Å². The number of nitrogens with zero attached hydrogens (tertiary/aromatic N) is 1. The van der Waals surface area contributed by atoms with Crippen LogP contribution in [0.4, 0.5) is 0 Å². The Labute approximate surface area is 99.0 Å². The fourth-order valence-corrected chi connectivity index (χ4v) is 2.94. The molecule has 15 heavy (non-hydrogen) atoms. The first kappa shape index (κ1) is 13.3. The Hall–Kier alpha value is 0.270. The molecule has 1 fully saturated rings. The van der Waals surface area contributed by atoms with Crippen molar-refractivity contribution in [3.05, 3.63) is 0 Å². The minimum Gasteiger partial charge on any atom is -0.327 e. The number of unbranched alkanes of at least 4 members (excludes halogenated alkanes) is 1. The minimum absolute atomic E-state index is 0.339. The van der Waals surface area contributed by atoms with Crippen LogP contribution in [0.1, 0.15) is 39.0 Å². The van der Waals surface area contributed by atoms with E-state index in [2.05, 4.69) is 18.1 Å². The molecule has 1 rings (SSSR count). The van der Waals surface area contributed by atoms with Crippen LogP contribution in [0.3, 0.4) is 0 Å². The summed E-state index contributed by atoms with van der Waals surface area (Å²) in [4.78, 5) is 2.62. The lowest BCUT2D eigenvalue weighted by Crippen LogP contribution is -2.49. The fourth-order valence-electron chi connectivity index (χ4n) is 2.45. The summed E-state index contributed by atoms with van der Waals surface area (Å²) in [5.74, 6) is 1.30. The second-order valence-electron chi connectivity index (χ2n) is 4.66. The van der Waals surface area contributed by atoms with Crippen LogP contribution in [0.25, 0.3) is 0 Å². The summed E-state index contributed by atoms with van der Waals surface area (Å²) in [5.41, 5.74) is 6.04. The lowest BCUT2D eigenvalue weighted by atomic mass is 9.97. The maximum Gasteiger partial charge on any atom is 0.0244 e. The van der Waals surface area contributed by atoms with Crippen LogP contribution in [0.15, 0.2) is 0 Å². The molecule has 0 amide bonds. The van der Waals surface area contributed by atoms with Crippen molar-refractivity contribution in [2.75, 3.05) is 25.1 Å². The monoisotopic (exact) mass is 230 g/mol. The predicted octanol–water partition coefficient (Wildman–Crippen LogP) is 2.33. The van der Waals surface area contributed by atoms with E-state index in [0.717, 1.165) is 0 Å². The smallest absolute Gasteiger partial charge is 0.0244 e. The molecular formula is C12H26N2S. The third-order valence-electron chi connectivity index (χ3n) is 3.31. The Kier molecular flexibility index (Phi) is 6.69. The molecule has 3 heteroatoms. The van der Waals surface area contributed by atoms with Crippen LogP contribution in [-0.2, 0) is 0 Å². The van der Waals surface area contributed by atoms with Crippen LogP contribution in [0.2, 0.25) is 0 Å². The second kappa shape index (κ2) is 7.53. The van der Waals surface area contributed by atoms with Gasteiger partial charge in [0.1, 0.15) is 0 Å². The zero-order chi connectivity index (χ0) is 11.1. The van der Waals surface area contributed by atoms with E-state index >= 15 is 0 Å². The summed E-state index contributed by atoms with van der Waals surface area (Å²) in [6, 6.07) is 0.985. The quantitative estimate of drug-likeness (QED) is 0.710. The normalized spacial score (nSPS) is 25.4. The molecule has 90 valence electrons. The SMILES string of the molecule is CSCCCCN1CCCCC1C(C)N. The highest BCUT2D eigenvalue weighted by Crippen LogP contribution is 2.19. The average Bonchev–Trinajstić information content (AvgIpc) is 2.25. The number of likely N-dealkylation sites (tertiary alicyclic amines) is 1. The highest BCUT2D eigenvalue weighted by Gasteiger charge is 2.24. The third-order valence-corrected chi connectivity index (χ3v) is 4.01. The molecule has 0 aromatic rings. The van der Waals surface area contributed by atoms with Gasteiger partial charge in [0.25, 0.3) is 0 Å². The number of hydrogen-bond acceptors (Lipinski definition) is 3. The number of hydrogen-bond donors (Lipinski definition) is 1. The van der Waals surface area contributed by atoms with Crippen molar-refractivity contribution < 1.29 is 0 Å². The van der Waals surface area contributed by atoms with E-state index in [1.807, 2.05) is 11.8 Å². The van der Waals surface area contributed by atoms with Gasteiger partial charge in [-0.1, -0.05) is 6.42 Å². The van der Waals surface area contributed by atoms with Gasteiger partial charge >= 0.3 is 0 Å². The molecule has 1 saturated heterocycles. The average molecular weight is 230 g/mol. The van der Waals surface area contributed by atoms with Gasteiger partial charge in [0.15, 0.2) is 0 Å². The molecule has 0 aromatic carbocycles. The van der Waals surface area contributed by atoms with Crippen molar-refractivity contribution in [1.29, 1.82) is 0 Å². The van der Waals surface area contributed by atoms with Gasteiger partial charge in [0, 0.05) is 12.1 Å². The third kappa shape index (κ3) is 4.75. The van der Waals surface area contributed by atoms with E-state index in [1.165, 1.54) is 50.9 Å². The van der Waals surface area contributed by atoms with Gasteiger partial charge in [-0.05, 0) is 57.7 Å². The first-order valence-corrected chi connectivity index (χ1v) is 7.63. The molecule has 0 aliphatic carbocycles. The molecule has 2 unspecified atom stereocenters. The van der Waals surface area contributed by atoms with Crippen molar-refractivity contribution >= 4 is 11.8 Å². The van der Waals surface area contributed by atoms with E-state index in [9.17, 15) is 0 Å². The number of thioether (sulfide) groups is 1. The topological polar surface area (TPSA) is 29.3 Å². The zero-order valence-electron chi connectivity index (χ0n) is 10.2. The number of rotatable bonds is 6. The van der Waals surface area contributed by atoms with Gasteiger partial charge in [-0.3, -0.25) is 4.90 Å². The summed E-state index contributed by atoms with van der Waals surface area (Å²) in [6.07, 6.45) is 8.92. The molecule has 1 aliphatic rings. The molecule has 0 saturated carbocycles. The van der Waals surface area contributed by atoms with Gasteiger partial charge < -0.3 is 5.73 Å². The first-order chi connectivity index (χ1) is 7.25. The van der Waals surface area contributed by atoms with Crippen molar-refractivity contribution in [2.45, 2.75) is 51.1 Å². The second-order valence-corrected chi connectivity index (χ2v) is 5.64. The summed E-state index contributed by atoms with van der Waals surface area (Å²) in [7, 11) is 0. The largest absolute Gasteiger partial charge is 0.327 e. The summed E-state index contributed by atoms with van der Waals surface area (Å²) in [6.45, 7) is 4.68. The molecule has 0 spiro atoms. The van der Waals surface area contributed by atoms with Crippen molar-refractivity contribution in [3.63, 3.8) is 0 Å². The van der Waals surface area contributed by atoms with E-state index in [4.69, 9.17) is 5.73 Å². The van der Waals surface area contributed by atoms with E-state index in [0.29, 0.717) is 12.1 Å². The summed E-state index contributed by atoms with van der Waals surface area (Å²) >= 11 is 1.95. The van der Waals surface area contributed by atoms with E-state index in [-0.39, 0.29) is 0 Å². The van der Waals surface area contributed by atoms with Gasteiger partial charge in [0.2, 0.25) is 0 Å². The number of piperidine rings is 1. The van der Waals surface area contributed by atoms with Crippen LogP contribution < -0.4 is 5.73 Å². The maximum absolute atomic E-state index is 6.04. The standard InChI is InChI=1S/C12H26N2S/c1-11(13)12-7-3-4-8-14(12)9-5-6-10-15-2/h11-12H,3-10,13H2,1-2H3. The minimum atomic E-state index is 0.339. The van der Waals surface area contributed by atoms with Crippen LogP contribution in [0.5, 0.6) is 0 Å². The Morgan fingerprint density at radius 2 is 2.20 bits per heavy atom. The molecule has 2 N–H and O–H groups in total. The highest BCUT2D eigenvalue weighted by molar-refractivity contribution is 7.98. The highest BCUT2D eigenvalue weighted by atomic mass is 32.2. The zero-order valence-corrected chi connectivity index (χ0v) is 11.1. The molecule has 2 atom stereocenters. The fraction of sp³-hybridized carbons (Fsp3) is 1.00. The van der Waals surface area contributed by atoms with Crippen molar-refractivity contribution in [2.24, 2.45) is 5.73 Å². The first-order valence-electron chi connectivity index (χ1n) is 6.24. The van der Waals surface area contributed by atoms with Crippen molar-refractivity contribution in [1.82, 2.24) is 4.90 Å². The predicted molar refractivity (Wildman–Crippen MR) is 70.5 cm³/mol. The Morgan fingerprint density at radius 3 is 2.87 bits per heavy atom. The Balaban J connectivity index is 2.23. The van der Waals surface area contributed by atoms with Crippen LogP contribution in [0, 0.1) is 0 Å². The lowest BCUT2D eigenvalue weighted by Gasteiger charge is -2.38. The Bertz CT molecular complexity index is 162. The van der Waals surface area contributed by atoms with Crippen LogP contribution >= 0.6 is 11.8 Å². The van der Waals surface area contributed by atoms with Gasteiger partial charge in [-0.2, -0.15) is 11.8 Å². The van der Waals surface area contributed by atoms with Gasteiger partial charge in [-0.25, -0.2) is 0 Å². The van der Waals surface area contributed by atoms with Gasteiger partial charge in [-0.15, -0.1) is 0 Å². The molecule has 0 aromatic heterocycles. The summed E-state index contributed by atoms with van der Waals surface area (Å²) in [5, 5.41) is 0. The van der Waals surface area contributed by atoms with Gasteiger partial charge in [0.05, 0.1) is 0 Å². The van der Waals surface area contributed by atoms with Crippen molar-refractivity contribution in [3.8, 4) is 0 Å². The van der Waals surface area contributed by atoms with Crippen LogP contribution in [-0.4, -0.2) is 42.1 Å². The molecule has 1 heterocycles. The lowest BCUT2D eigenvalue weighted by molar-refractivity contribution is 0.129. The summed E-state index contributed by atoms with van der Waals surface area (Å²) < 4.78 is 0.